The number of nitrogen functional groups attached to an aromatic ring is 3. The quantitative estimate of drug-likeness (QED) is 0.131. The van der Waals surface area contributed by atoms with Gasteiger partial charge in [-0.2, -0.15) is 0 Å². The molecule has 12 aromatic rings. The maximum atomic E-state index is 14.3. The Kier molecular flexibility index (Phi) is 16.9. The number of aryl methyl sites for hydroxylation is 3. The van der Waals surface area contributed by atoms with Crippen LogP contribution in [-0.4, -0.2) is 78.8 Å². The summed E-state index contributed by atoms with van der Waals surface area (Å²) in [5.41, 5.74) is 28.0. The summed E-state index contributed by atoms with van der Waals surface area (Å²) >= 11 is 3.14. The molecule has 0 atom stereocenters. The van der Waals surface area contributed by atoms with Crippen LogP contribution in [0.4, 0.5) is 31.0 Å². The molecule has 0 aliphatic carbocycles. The second-order valence-electron chi connectivity index (χ2n) is 20.7. The molecule has 0 spiro atoms. The molecule has 22 heteroatoms. The molecule has 0 unspecified atom stereocenters. The van der Waals surface area contributed by atoms with Gasteiger partial charge in [0.15, 0.2) is 4.60 Å². The second-order valence-corrected chi connectivity index (χ2v) is 21.4. The number of nitrogens with two attached hydrogens (primary N) is 3. The van der Waals surface area contributed by atoms with Crippen molar-refractivity contribution in [3.63, 3.8) is 0 Å². The third-order valence-electron chi connectivity index (χ3n) is 14.4. The normalized spacial score (nSPS) is 13.1. The summed E-state index contributed by atoms with van der Waals surface area (Å²) in [5, 5.41) is 26.5. The number of hydrogen-bond acceptors (Lipinski definition) is 17. The van der Waals surface area contributed by atoms with Crippen molar-refractivity contribution < 1.29 is 22.5 Å². The van der Waals surface area contributed by atoms with Gasteiger partial charge in [0.25, 0.3) is 0 Å². The largest absolute Gasteiger partial charge is 0.494 e. The van der Waals surface area contributed by atoms with E-state index in [2.05, 4.69) is 117 Å². The number of benzene rings is 6. The highest BCUT2D eigenvalue weighted by atomic mass is 79.9. The molecule has 0 amide bonds. The van der Waals surface area contributed by atoms with Crippen LogP contribution >= 0.6 is 15.9 Å². The van der Waals surface area contributed by atoms with Gasteiger partial charge in [0.05, 0.1) is 27.8 Å². The molecule has 13 rings (SSSR count). The maximum Gasteiger partial charge on any atom is 0.494 e. The van der Waals surface area contributed by atoms with Gasteiger partial charge in [0.2, 0.25) is 17.8 Å². The minimum Gasteiger partial charge on any atom is -0.399 e. The van der Waals surface area contributed by atoms with Gasteiger partial charge in [-0.05, 0) is 171 Å². The van der Waals surface area contributed by atoms with E-state index in [0.717, 1.165) is 60.4 Å². The Labute approximate surface area is 495 Å². The fourth-order valence-corrected chi connectivity index (χ4v) is 9.57. The summed E-state index contributed by atoms with van der Waals surface area (Å²) in [7, 11) is -0.316. The summed E-state index contributed by atoms with van der Waals surface area (Å²) in [6.45, 7) is 14.4. The molecule has 0 saturated carbocycles. The smallest absolute Gasteiger partial charge is 0.399 e. The van der Waals surface area contributed by atoms with E-state index in [-0.39, 0.29) is 53.6 Å². The van der Waals surface area contributed by atoms with E-state index in [1.54, 1.807) is 67.0 Å². The number of nitrogens with zero attached hydrogens (tertiary/aromatic N) is 12. The highest BCUT2D eigenvalue weighted by Crippen LogP contribution is 2.38. The van der Waals surface area contributed by atoms with E-state index >= 15 is 0 Å². The van der Waals surface area contributed by atoms with E-state index in [1.165, 1.54) is 23.8 Å². The van der Waals surface area contributed by atoms with Crippen LogP contribution in [0.1, 0.15) is 44.4 Å². The fourth-order valence-electron chi connectivity index (χ4n) is 9.19. The average molecular weight is 1200 g/mol. The van der Waals surface area contributed by atoms with Crippen molar-refractivity contribution in [3.05, 3.63) is 203 Å². The Morgan fingerprint density at radius 3 is 1.18 bits per heavy atom. The van der Waals surface area contributed by atoms with Crippen LogP contribution in [0.5, 0.6) is 0 Å². The molecule has 1 aliphatic rings. The third-order valence-corrected chi connectivity index (χ3v) is 15.0. The monoisotopic (exact) mass is 1200 g/mol. The molecular weight excluding hydrogens is 1150 g/mol. The van der Waals surface area contributed by atoms with Crippen molar-refractivity contribution in [2.45, 2.75) is 59.7 Å². The lowest BCUT2D eigenvalue weighted by molar-refractivity contribution is 0.00578. The second kappa shape index (κ2) is 24.6. The Balaban J connectivity index is 0.000000128. The standard InChI is InChI=1S/2C19H14FN5.C16H20BNO2.C9H6BrFN4/c2*1-11-8-9-22-16-7-6-12(10-14(11)16)17-18(23-19(21)25-24-17)13-4-2-3-5-15(13)20;1-11-8-9-18-14-7-6-12(10-13(11)14)17-19-15(2,3)16(4,5)20-17;10-8-7(13-9(12)15-14-8)5-3-1-2-4-6(5)11/h2*2-10H,1H3,(H2,21,23,25);6-10H,1-5H3;1-4H,(H2,12,13,15). The van der Waals surface area contributed by atoms with Crippen LogP contribution < -0.4 is 22.7 Å². The molecule has 0 bridgehead atoms. The van der Waals surface area contributed by atoms with Crippen LogP contribution in [0.3, 0.4) is 0 Å². The molecule has 85 heavy (non-hydrogen) atoms. The number of hydrogen-bond donors (Lipinski definition) is 3. The summed E-state index contributed by atoms with van der Waals surface area (Å²) in [5.74, 6) is -1.14. The number of anilines is 3. The summed E-state index contributed by atoms with van der Waals surface area (Å²) in [6, 6.07) is 42.6. The van der Waals surface area contributed by atoms with Gasteiger partial charge in [0, 0.05) is 62.6 Å². The maximum absolute atomic E-state index is 14.3. The minimum atomic E-state index is -0.387. The van der Waals surface area contributed by atoms with Crippen LogP contribution in [0.25, 0.3) is 89.0 Å². The van der Waals surface area contributed by atoms with Gasteiger partial charge < -0.3 is 26.5 Å². The predicted molar refractivity (Wildman–Crippen MR) is 330 cm³/mol. The number of aromatic nitrogens is 12. The number of rotatable bonds is 6. The van der Waals surface area contributed by atoms with Crippen molar-refractivity contribution in [2.75, 3.05) is 17.2 Å². The van der Waals surface area contributed by atoms with Gasteiger partial charge >= 0.3 is 7.12 Å². The Hall–Kier alpha value is -9.77. The minimum absolute atomic E-state index is 0.000592. The van der Waals surface area contributed by atoms with Crippen LogP contribution in [0, 0.1) is 38.2 Å². The first-order chi connectivity index (χ1) is 40.7. The van der Waals surface area contributed by atoms with Gasteiger partial charge in [0.1, 0.15) is 45.9 Å². The average Bonchev–Trinajstić information content (AvgIpc) is 2.44. The van der Waals surface area contributed by atoms with Crippen molar-refractivity contribution in [1.29, 1.82) is 0 Å². The molecule has 1 saturated heterocycles. The molecule has 1 fully saturated rings. The molecule has 0 radical (unpaired) electrons. The lowest BCUT2D eigenvalue weighted by Gasteiger charge is -2.32. The Morgan fingerprint density at radius 2 is 0.765 bits per heavy atom. The van der Waals surface area contributed by atoms with Gasteiger partial charge in [-0.15, -0.1) is 30.6 Å². The number of fused-ring (bicyclic) bond motifs is 3. The van der Waals surface area contributed by atoms with Crippen LogP contribution in [0.15, 0.2) is 169 Å². The summed E-state index contributed by atoms with van der Waals surface area (Å²) < 4.78 is 54.6. The first-order valence-electron chi connectivity index (χ1n) is 26.6. The van der Waals surface area contributed by atoms with Crippen molar-refractivity contribution in [2.24, 2.45) is 0 Å². The van der Waals surface area contributed by atoms with Gasteiger partial charge in [-0.25, -0.2) is 28.1 Å². The van der Waals surface area contributed by atoms with E-state index < -0.39 is 0 Å². The Bertz CT molecular complexity index is 4280. The van der Waals surface area contributed by atoms with Crippen molar-refractivity contribution >= 4 is 79.1 Å². The molecule has 424 valence electrons. The lowest BCUT2D eigenvalue weighted by Crippen LogP contribution is -2.41. The van der Waals surface area contributed by atoms with Crippen molar-refractivity contribution in [3.8, 4) is 56.3 Å². The zero-order valence-electron chi connectivity index (χ0n) is 47.1. The SMILES string of the molecule is Cc1ccnc2ccc(-c3nnc(N)nc3-c3ccccc3F)cc12.Cc1ccnc2ccc(-c3nnc(N)nc3-c3ccccc3F)cc12.Cc1ccnc2ccc(B3OC(C)(C)C(C)(C)O3)cc12.Nc1nnc(Br)c(-c2ccccc2F)n1. The summed E-state index contributed by atoms with van der Waals surface area (Å²) in [6.07, 6.45) is 5.38. The van der Waals surface area contributed by atoms with Gasteiger partial charge in [-0.1, -0.05) is 60.7 Å². The first kappa shape index (κ1) is 58.4. The molecule has 17 nitrogen and oxygen atoms in total. The fraction of sp³-hybridized carbons (Fsp3) is 0.143. The number of halogens is 4. The van der Waals surface area contributed by atoms with Crippen LogP contribution in [0.2, 0.25) is 0 Å². The van der Waals surface area contributed by atoms with Crippen molar-refractivity contribution in [1.82, 2.24) is 60.5 Å². The number of pyridine rings is 3. The van der Waals surface area contributed by atoms with E-state index in [4.69, 9.17) is 26.5 Å². The van der Waals surface area contributed by atoms with E-state index in [1.807, 2.05) is 86.8 Å². The summed E-state index contributed by atoms with van der Waals surface area (Å²) in [4.78, 5) is 25.5. The Morgan fingerprint density at radius 1 is 0.412 bits per heavy atom. The molecule has 6 aromatic heterocycles. The molecule has 7 heterocycles. The lowest BCUT2D eigenvalue weighted by atomic mass is 9.78. The van der Waals surface area contributed by atoms with E-state index in [0.29, 0.717) is 49.8 Å². The topological polar surface area (TPSA) is 251 Å². The molecule has 1 aliphatic heterocycles. The molecular formula is C63H54BBrF3N15O2. The molecule has 6 N–H and O–H groups in total. The predicted octanol–water partition coefficient (Wildman–Crippen LogP) is 12.4. The van der Waals surface area contributed by atoms with E-state index in [9.17, 15) is 13.2 Å². The zero-order chi connectivity index (χ0) is 60.2. The zero-order valence-corrected chi connectivity index (χ0v) is 48.7. The highest BCUT2D eigenvalue weighted by Gasteiger charge is 2.51. The van der Waals surface area contributed by atoms with Crippen LogP contribution in [-0.2, 0) is 9.31 Å². The molecule has 6 aromatic carbocycles. The third kappa shape index (κ3) is 12.8. The van der Waals surface area contributed by atoms with Gasteiger partial charge in [-0.3, -0.25) is 15.0 Å². The highest BCUT2D eigenvalue weighted by molar-refractivity contribution is 9.10. The first-order valence-corrected chi connectivity index (χ1v) is 27.4.